The summed E-state index contributed by atoms with van der Waals surface area (Å²) >= 11 is 0. The summed E-state index contributed by atoms with van der Waals surface area (Å²) in [7, 11) is 0. The minimum Gasteiger partial charge on any atom is -0.452 e. The number of nitrogens with zero attached hydrogens (tertiary/aromatic N) is 6. The Morgan fingerprint density at radius 2 is 2.08 bits per heavy atom. The summed E-state index contributed by atoms with van der Waals surface area (Å²) in [4.78, 5) is 24.8. The van der Waals surface area contributed by atoms with E-state index in [0.717, 1.165) is 5.56 Å². The maximum Gasteiger partial charge on any atom is 0.342 e. The number of ether oxygens (including phenoxy) is 1. The summed E-state index contributed by atoms with van der Waals surface area (Å²) < 4.78 is 12.0. The average molecular weight is 350 g/mol. The molecule has 0 saturated heterocycles. The number of hydrogen-bond acceptors (Lipinski definition) is 8. The summed E-state index contributed by atoms with van der Waals surface area (Å²) in [6, 6.07) is 9.40. The first kappa shape index (κ1) is 15.9. The van der Waals surface area contributed by atoms with Crippen LogP contribution in [0.25, 0.3) is 17.2 Å². The molecule has 130 valence electrons. The van der Waals surface area contributed by atoms with Gasteiger partial charge in [0.05, 0.1) is 11.3 Å². The number of esters is 1. The molecule has 0 unspecified atom stereocenters. The Kier molecular flexibility index (Phi) is 4.10. The smallest absolute Gasteiger partial charge is 0.342 e. The van der Waals surface area contributed by atoms with E-state index < -0.39 is 5.97 Å². The molecule has 3 heterocycles. The Labute approximate surface area is 147 Å². The molecule has 0 radical (unpaired) electrons. The first-order chi connectivity index (χ1) is 12.8. The van der Waals surface area contributed by atoms with E-state index in [9.17, 15) is 4.79 Å². The van der Waals surface area contributed by atoms with Crippen molar-refractivity contribution < 1.29 is 14.1 Å². The molecule has 0 aliphatic heterocycles. The summed E-state index contributed by atoms with van der Waals surface area (Å²) in [5.74, 6) is 0.552. The molecule has 3 aromatic heterocycles. The number of hydrogen-bond donors (Lipinski definition) is 0. The minimum atomic E-state index is -0.536. The normalized spacial score (nSPS) is 11.0. The third kappa shape index (κ3) is 2.90. The van der Waals surface area contributed by atoms with Gasteiger partial charge in [-0.3, -0.25) is 0 Å². The zero-order valence-corrected chi connectivity index (χ0v) is 13.9. The highest BCUT2D eigenvalue weighted by Crippen LogP contribution is 2.16. The Morgan fingerprint density at radius 3 is 2.88 bits per heavy atom. The number of fused-ring (bicyclic) bond motifs is 1. The molecule has 0 saturated carbocycles. The van der Waals surface area contributed by atoms with Gasteiger partial charge >= 0.3 is 5.97 Å². The fourth-order valence-corrected chi connectivity index (χ4v) is 2.56. The van der Waals surface area contributed by atoms with Crippen LogP contribution in [0, 0.1) is 0 Å². The van der Waals surface area contributed by atoms with Gasteiger partial charge in [0.1, 0.15) is 6.33 Å². The lowest BCUT2D eigenvalue weighted by molar-refractivity contribution is 0.0427. The van der Waals surface area contributed by atoms with Crippen LogP contribution >= 0.6 is 0 Å². The molecular formula is C17H14N6O3. The van der Waals surface area contributed by atoms with Gasteiger partial charge in [-0.05, 0) is 6.42 Å². The quantitative estimate of drug-likeness (QED) is 0.503. The molecule has 4 rings (SSSR count). The lowest BCUT2D eigenvalue weighted by atomic mass is 10.2. The first-order valence-electron chi connectivity index (χ1n) is 7.99. The fourth-order valence-electron chi connectivity index (χ4n) is 2.56. The van der Waals surface area contributed by atoms with Gasteiger partial charge in [0.2, 0.25) is 5.82 Å². The van der Waals surface area contributed by atoms with Crippen molar-refractivity contribution in [3.63, 3.8) is 0 Å². The molecule has 0 aliphatic carbocycles. The van der Waals surface area contributed by atoms with E-state index in [-0.39, 0.29) is 12.5 Å². The molecule has 0 fully saturated rings. The fraction of sp³-hybridized carbons (Fsp3) is 0.176. The van der Waals surface area contributed by atoms with Crippen molar-refractivity contribution in [2.24, 2.45) is 0 Å². The second-order valence-electron chi connectivity index (χ2n) is 5.40. The molecule has 26 heavy (non-hydrogen) atoms. The molecule has 1 aromatic carbocycles. The number of rotatable bonds is 5. The summed E-state index contributed by atoms with van der Waals surface area (Å²) in [5, 5.41) is 7.97. The van der Waals surface area contributed by atoms with Crippen molar-refractivity contribution in [2.45, 2.75) is 20.0 Å². The van der Waals surface area contributed by atoms with Crippen LogP contribution in [0.15, 0.2) is 47.4 Å². The molecular weight excluding hydrogens is 336 g/mol. The van der Waals surface area contributed by atoms with E-state index in [4.69, 9.17) is 9.26 Å². The summed E-state index contributed by atoms with van der Waals surface area (Å²) in [5.41, 5.74) is 1.82. The van der Waals surface area contributed by atoms with Gasteiger partial charge in [-0.15, -0.1) is 0 Å². The van der Waals surface area contributed by atoms with Crippen LogP contribution in [-0.4, -0.2) is 35.7 Å². The van der Waals surface area contributed by atoms with Crippen molar-refractivity contribution in [3.05, 3.63) is 60.0 Å². The van der Waals surface area contributed by atoms with E-state index >= 15 is 0 Å². The van der Waals surface area contributed by atoms with E-state index in [1.807, 2.05) is 37.3 Å². The SMILES string of the molecule is CCc1c(C(=O)OCc2nc(-c3ccccc3)no2)cnc2ncnn12. The Bertz CT molecular complexity index is 1060. The molecule has 0 amide bonds. The van der Waals surface area contributed by atoms with Gasteiger partial charge in [-0.1, -0.05) is 42.4 Å². The highest BCUT2D eigenvalue weighted by atomic mass is 16.6. The maximum atomic E-state index is 12.4. The molecule has 0 spiro atoms. The first-order valence-corrected chi connectivity index (χ1v) is 7.99. The number of carbonyl (C=O) groups excluding carboxylic acids is 1. The van der Waals surface area contributed by atoms with Gasteiger partial charge in [0, 0.05) is 11.8 Å². The number of aryl methyl sites for hydroxylation is 1. The molecule has 0 bridgehead atoms. The monoisotopic (exact) mass is 350 g/mol. The summed E-state index contributed by atoms with van der Waals surface area (Å²) in [6.45, 7) is 1.79. The third-order valence-electron chi connectivity index (χ3n) is 3.79. The second kappa shape index (κ2) is 6.71. The van der Waals surface area contributed by atoms with Crippen molar-refractivity contribution >= 4 is 11.7 Å². The maximum absolute atomic E-state index is 12.4. The van der Waals surface area contributed by atoms with E-state index in [0.29, 0.717) is 29.3 Å². The lowest BCUT2D eigenvalue weighted by Gasteiger charge is -2.07. The highest BCUT2D eigenvalue weighted by molar-refractivity contribution is 5.90. The van der Waals surface area contributed by atoms with Gasteiger partial charge in [0.25, 0.3) is 11.7 Å². The van der Waals surface area contributed by atoms with Gasteiger partial charge in [-0.25, -0.2) is 14.3 Å². The van der Waals surface area contributed by atoms with Crippen molar-refractivity contribution in [1.82, 2.24) is 29.7 Å². The van der Waals surface area contributed by atoms with Crippen LogP contribution in [-0.2, 0) is 17.8 Å². The molecule has 0 atom stereocenters. The number of aromatic nitrogens is 6. The standard InChI is InChI=1S/C17H14N6O3/c1-2-13-12(8-18-17-19-10-20-23(13)17)16(24)25-9-14-21-15(22-26-14)11-6-4-3-5-7-11/h3-8,10H,2,9H2,1H3. The molecule has 9 nitrogen and oxygen atoms in total. The van der Waals surface area contributed by atoms with Crippen LogP contribution in [0.2, 0.25) is 0 Å². The predicted molar refractivity (Wildman–Crippen MR) is 89.0 cm³/mol. The van der Waals surface area contributed by atoms with E-state index in [2.05, 4.69) is 25.2 Å². The van der Waals surface area contributed by atoms with E-state index in [1.165, 1.54) is 17.0 Å². The van der Waals surface area contributed by atoms with Crippen molar-refractivity contribution in [2.75, 3.05) is 0 Å². The second-order valence-corrected chi connectivity index (χ2v) is 5.40. The van der Waals surface area contributed by atoms with Crippen molar-refractivity contribution in [1.29, 1.82) is 0 Å². The highest BCUT2D eigenvalue weighted by Gasteiger charge is 2.18. The topological polar surface area (TPSA) is 108 Å². The van der Waals surface area contributed by atoms with Gasteiger partial charge in [-0.2, -0.15) is 15.1 Å². The van der Waals surface area contributed by atoms with Crippen LogP contribution in [0.5, 0.6) is 0 Å². The van der Waals surface area contributed by atoms with Crippen LogP contribution < -0.4 is 0 Å². The minimum absolute atomic E-state index is 0.128. The third-order valence-corrected chi connectivity index (χ3v) is 3.79. The Balaban J connectivity index is 1.50. The van der Waals surface area contributed by atoms with Crippen molar-refractivity contribution in [3.8, 4) is 11.4 Å². The zero-order valence-electron chi connectivity index (χ0n) is 13.9. The molecule has 9 heteroatoms. The number of benzene rings is 1. The summed E-state index contributed by atoms with van der Waals surface area (Å²) in [6.07, 6.45) is 3.40. The Hall–Kier alpha value is -3.62. The Morgan fingerprint density at radius 1 is 1.23 bits per heavy atom. The van der Waals surface area contributed by atoms with Crippen LogP contribution in [0.3, 0.4) is 0 Å². The largest absolute Gasteiger partial charge is 0.452 e. The molecule has 0 aliphatic rings. The number of carbonyl (C=O) groups is 1. The predicted octanol–water partition coefficient (Wildman–Crippen LogP) is 2.09. The van der Waals surface area contributed by atoms with Crippen LogP contribution in [0.4, 0.5) is 0 Å². The zero-order chi connectivity index (χ0) is 17.9. The molecule has 0 N–H and O–H groups in total. The molecule has 4 aromatic rings. The van der Waals surface area contributed by atoms with Crippen LogP contribution in [0.1, 0.15) is 28.9 Å². The average Bonchev–Trinajstić information content (AvgIpc) is 3.35. The lowest BCUT2D eigenvalue weighted by Crippen LogP contribution is -2.13. The van der Waals surface area contributed by atoms with Gasteiger partial charge < -0.3 is 9.26 Å². The van der Waals surface area contributed by atoms with E-state index in [1.54, 1.807) is 0 Å². The van der Waals surface area contributed by atoms with Gasteiger partial charge in [0.15, 0.2) is 6.61 Å².